The molecule has 0 saturated heterocycles. The Kier molecular flexibility index (Phi) is 3.11. The Morgan fingerprint density at radius 1 is 1.73 bits per heavy atom. The summed E-state index contributed by atoms with van der Waals surface area (Å²) in [5, 5.41) is 8.62. The normalized spacial score (nSPS) is 13.4. The average Bonchev–Trinajstić information content (AvgIpc) is 2.36. The van der Waals surface area contributed by atoms with Crippen LogP contribution in [-0.2, 0) is 0 Å². The van der Waals surface area contributed by atoms with Crippen molar-refractivity contribution in [3.05, 3.63) is 22.4 Å². The van der Waals surface area contributed by atoms with Crippen LogP contribution in [0.15, 0.2) is 16.9 Å². The van der Waals surface area contributed by atoms with Gasteiger partial charge in [-0.1, -0.05) is 0 Å². The predicted octanol–water partition coefficient (Wildman–Crippen LogP) is 1.16. The minimum absolute atomic E-state index is 0.0828. The van der Waals surface area contributed by atoms with Crippen molar-refractivity contribution in [1.82, 2.24) is 4.98 Å². The van der Waals surface area contributed by atoms with Gasteiger partial charge in [-0.25, -0.2) is 0 Å². The fourth-order valence-electron chi connectivity index (χ4n) is 0.942. The van der Waals surface area contributed by atoms with E-state index in [-0.39, 0.29) is 12.6 Å². The molecular formula is C7H11BrN2O. The molecule has 1 aromatic heterocycles. The Bertz CT molecular complexity index is 224. The lowest BCUT2D eigenvalue weighted by atomic mass is 10.1. The van der Waals surface area contributed by atoms with Crippen LogP contribution in [0.3, 0.4) is 0 Å². The summed E-state index contributed by atoms with van der Waals surface area (Å²) in [6, 6.07) is 1.82. The summed E-state index contributed by atoms with van der Waals surface area (Å²) in [7, 11) is 0. The van der Waals surface area contributed by atoms with Gasteiger partial charge in [0.15, 0.2) is 0 Å². The lowest BCUT2D eigenvalue weighted by molar-refractivity contribution is 0.276. The summed E-state index contributed by atoms with van der Waals surface area (Å²) in [6.07, 6.45) is 2.41. The summed E-state index contributed by atoms with van der Waals surface area (Å²) in [4.78, 5) is 2.96. The minimum atomic E-state index is -0.0828. The van der Waals surface area contributed by atoms with Crippen molar-refractivity contribution in [3.8, 4) is 0 Å². The summed E-state index contributed by atoms with van der Waals surface area (Å²) in [5.74, 6) is 0. The van der Waals surface area contributed by atoms with E-state index in [1.54, 1.807) is 0 Å². The standard InChI is InChI=1S/C7H11BrN2O/c8-7-5(1-3-10-7)6(9)2-4-11/h1,3,6,10-11H,2,4,9H2. The van der Waals surface area contributed by atoms with Crippen LogP contribution in [0.4, 0.5) is 0 Å². The maximum atomic E-state index is 8.62. The van der Waals surface area contributed by atoms with Crippen molar-refractivity contribution >= 4 is 15.9 Å². The second-order valence-corrected chi connectivity index (χ2v) is 3.16. The number of hydrogen-bond donors (Lipinski definition) is 3. The Morgan fingerprint density at radius 3 is 2.91 bits per heavy atom. The fraction of sp³-hybridized carbons (Fsp3) is 0.429. The molecule has 11 heavy (non-hydrogen) atoms. The number of aliphatic hydroxyl groups excluding tert-OH is 1. The smallest absolute Gasteiger partial charge is 0.0868 e. The van der Waals surface area contributed by atoms with E-state index in [1.807, 2.05) is 12.3 Å². The number of H-pyrrole nitrogens is 1. The van der Waals surface area contributed by atoms with Crippen molar-refractivity contribution in [2.24, 2.45) is 5.73 Å². The molecule has 0 radical (unpaired) electrons. The van der Waals surface area contributed by atoms with Crippen molar-refractivity contribution in [3.63, 3.8) is 0 Å². The Balaban J connectivity index is 2.67. The van der Waals surface area contributed by atoms with Gasteiger partial charge in [-0.05, 0) is 28.4 Å². The first-order chi connectivity index (χ1) is 5.25. The van der Waals surface area contributed by atoms with Crippen LogP contribution in [0.25, 0.3) is 0 Å². The lowest BCUT2D eigenvalue weighted by Gasteiger charge is -2.07. The second kappa shape index (κ2) is 3.90. The molecule has 0 aromatic carbocycles. The van der Waals surface area contributed by atoms with Crippen LogP contribution in [0.1, 0.15) is 18.0 Å². The SMILES string of the molecule is NC(CCO)c1cc[nH]c1Br. The number of hydrogen-bond acceptors (Lipinski definition) is 2. The molecule has 1 unspecified atom stereocenters. The van der Waals surface area contributed by atoms with Gasteiger partial charge < -0.3 is 15.8 Å². The summed E-state index contributed by atoms with van der Waals surface area (Å²) >= 11 is 3.32. The van der Waals surface area contributed by atoms with E-state index in [2.05, 4.69) is 20.9 Å². The zero-order valence-electron chi connectivity index (χ0n) is 6.05. The number of aromatic nitrogens is 1. The van der Waals surface area contributed by atoms with Gasteiger partial charge in [0.1, 0.15) is 0 Å². The molecule has 0 fully saturated rings. The fourth-order valence-corrected chi connectivity index (χ4v) is 1.50. The van der Waals surface area contributed by atoms with Crippen LogP contribution in [0.2, 0.25) is 0 Å². The molecule has 1 atom stereocenters. The van der Waals surface area contributed by atoms with E-state index in [1.165, 1.54) is 0 Å². The second-order valence-electron chi connectivity index (χ2n) is 2.37. The van der Waals surface area contributed by atoms with Crippen molar-refractivity contribution in [1.29, 1.82) is 0 Å². The summed E-state index contributed by atoms with van der Waals surface area (Å²) in [6.45, 7) is 0.124. The number of nitrogens with two attached hydrogens (primary N) is 1. The Hall–Kier alpha value is -0.320. The largest absolute Gasteiger partial charge is 0.396 e. The van der Waals surface area contributed by atoms with Crippen LogP contribution in [0.5, 0.6) is 0 Å². The highest BCUT2D eigenvalue weighted by Gasteiger charge is 2.08. The summed E-state index contributed by atoms with van der Waals surface area (Å²) in [5.41, 5.74) is 6.75. The van der Waals surface area contributed by atoms with Gasteiger partial charge in [0.05, 0.1) is 4.60 Å². The average molecular weight is 219 g/mol. The molecule has 62 valence electrons. The molecule has 0 aliphatic heterocycles. The first-order valence-electron chi connectivity index (χ1n) is 3.45. The van der Waals surface area contributed by atoms with E-state index in [0.717, 1.165) is 10.2 Å². The topological polar surface area (TPSA) is 62.0 Å². The monoisotopic (exact) mass is 218 g/mol. The minimum Gasteiger partial charge on any atom is -0.396 e. The predicted molar refractivity (Wildman–Crippen MR) is 47.1 cm³/mol. The molecule has 0 bridgehead atoms. The van der Waals surface area contributed by atoms with Gasteiger partial charge in [0.25, 0.3) is 0 Å². The van der Waals surface area contributed by atoms with Crippen molar-refractivity contribution < 1.29 is 5.11 Å². The molecule has 0 spiro atoms. The molecular weight excluding hydrogens is 208 g/mol. The van der Waals surface area contributed by atoms with Gasteiger partial charge in [-0.2, -0.15) is 0 Å². The zero-order valence-corrected chi connectivity index (χ0v) is 7.63. The highest BCUT2D eigenvalue weighted by atomic mass is 79.9. The third kappa shape index (κ3) is 2.05. The first-order valence-corrected chi connectivity index (χ1v) is 4.24. The zero-order chi connectivity index (χ0) is 8.27. The number of nitrogens with one attached hydrogen (secondary N) is 1. The molecule has 4 heteroatoms. The first kappa shape index (κ1) is 8.77. The Morgan fingerprint density at radius 2 is 2.45 bits per heavy atom. The van der Waals surface area contributed by atoms with E-state index < -0.39 is 0 Å². The van der Waals surface area contributed by atoms with Crippen LogP contribution >= 0.6 is 15.9 Å². The van der Waals surface area contributed by atoms with Crippen LogP contribution in [-0.4, -0.2) is 16.7 Å². The van der Waals surface area contributed by atoms with Crippen molar-refractivity contribution in [2.45, 2.75) is 12.5 Å². The molecule has 4 N–H and O–H groups in total. The molecule has 1 heterocycles. The van der Waals surface area contributed by atoms with Gasteiger partial charge in [0.2, 0.25) is 0 Å². The molecule has 0 aliphatic rings. The number of rotatable bonds is 3. The molecule has 1 aromatic rings. The highest BCUT2D eigenvalue weighted by molar-refractivity contribution is 9.10. The number of aliphatic hydroxyl groups is 1. The van der Waals surface area contributed by atoms with E-state index >= 15 is 0 Å². The van der Waals surface area contributed by atoms with Gasteiger partial charge in [-0.15, -0.1) is 0 Å². The third-order valence-electron chi connectivity index (χ3n) is 1.57. The lowest BCUT2D eigenvalue weighted by Crippen LogP contribution is -2.11. The van der Waals surface area contributed by atoms with Crippen LogP contribution in [0, 0.1) is 0 Å². The van der Waals surface area contributed by atoms with E-state index in [4.69, 9.17) is 10.8 Å². The number of halogens is 1. The maximum absolute atomic E-state index is 8.62. The highest BCUT2D eigenvalue weighted by Crippen LogP contribution is 2.21. The molecule has 1 rings (SSSR count). The maximum Gasteiger partial charge on any atom is 0.0868 e. The molecule has 0 aliphatic carbocycles. The van der Waals surface area contributed by atoms with Crippen molar-refractivity contribution in [2.75, 3.05) is 6.61 Å². The summed E-state index contributed by atoms with van der Waals surface area (Å²) < 4.78 is 0.901. The molecule has 0 amide bonds. The number of aromatic amines is 1. The van der Waals surface area contributed by atoms with E-state index in [0.29, 0.717) is 6.42 Å². The molecule has 3 nitrogen and oxygen atoms in total. The third-order valence-corrected chi connectivity index (χ3v) is 2.25. The van der Waals surface area contributed by atoms with Gasteiger partial charge >= 0.3 is 0 Å². The van der Waals surface area contributed by atoms with E-state index in [9.17, 15) is 0 Å². The molecule has 0 saturated carbocycles. The Labute approximate surface area is 73.7 Å². The van der Waals surface area contributed by atoms with Crippen LogP contribution < -0.4 is 5.73 Å². The van der Waals surface area contributed by atoms with Gasteiger partial charge in [0, 0.05) is 24.4 Å². The van der Waals surface area contributed by atoms with Gasteiger partial charge in [-0.3, -0.25) is 0 Å². The quantitative estimate of drug-likeness (QED) is 0.714.